The van der Waals surface area contributed by atoms with Crippen molar-refractivity contribution < 1.29 is 9.53 Å². The SMILES string of the molecule is CNC1=CCC(NC)(C2(c3ccccc3N(C)C)OC(=O)c3ccccc32)C=C1. The van der Waals surface area contributed by atoms with Gasteiger partial charge in [-0.25, -0.2) is 4.79 Å². The third kappa shape index (κ3) is 2.69. The van der Waals surface area contributed by atoms with Crippen LogP contribution in [0.3, 0.4) is 0 Å². The number of hydrogen-bond acceptors (Lipinski definition) is 5. The monoisotopic (exact) mass is 389 g/mol. The number of likely N-dealkylation sites (N-methyl/N-ethyl adjacent to an activating group) is 2. The van der Waals surface area contributed by atoms with Gasteiger partial charge in [0.2, 0.25) is 0 Å². The molecule has 5 nitrogen and oxygen atoms in total. The van der Waals surface area contributed by atoms with Crippen LogP contribution < -0.4 is 15.5 Å². The van der Waals surface area contributed by atoms with Crippen LogP contribution in [0.15, 0.2) is 72.5 Å². The van der Waals surface area contributed by atoms with E-state index in [2.05, 4.69) is 45.9 Å². The Balaban J connectivity index is 2.05. The Morgan fingerprint density at radius 2 is 1.69 bits per heavy atom. The number of nitrogens with one attached hydrogen (secondary N) is 2. The van der Waals surface area contributed by atoms with Crippen LogP contribution in [0.25, 0.3) is 0 Å². The molecule has 1 aliphatic carbocycles. The Labute approximate surface area is 172 Å². The van der Waals surface area contributed by atoms with Crippen molar-refractivity contribution in [1.82, 2.24) is 10.6 Å². The van der Waals surface area contributed by atoms with Crippen LogP contribution in [-0.2, 0) is 10.3 Å². The van der Waals surface area contributed by atoms with E-state index in [4.69, 9.17) is 4.74 Å². The van der Waals surface area contributed by atoms with Gasteiger partial charge in [0.25, 0.3) is 0 Å². The molecule has 2 aromatic rings. The van der Waals surface area contributed by atoms with Gasteiger partial charge >= 0.3 is 5.97 Å². The van der Waals surface area contributed by atoms with Gasteiger partial charge in [0.05, 0.1) is 11.1 Å². The maximum atomic E-state index is 13.0. The minimum absolute atomic E-state index is 0.291. The molecule has 0 aromatic heterocycles. The largest absolute Gasteiger partial charge is 0.443 e. The third-order valence-electron chi connectivity index (χ3n) is 6.09. The van der Waals surface area contributed by atoms with Crippen LogP contribution in [0.2, 0.25) is 0 Å². The summed E-state index contributed by atoms with van der Waals surface area (Å²) in [4.78, 5) is 15.1. The van der Waals surface area contributed by atoms with Gasteiger partial charge in [-0.15, -0.1) is 0 Å². The fraction of sp³-hybridized carbons (Fsp3) is 0.292. The zero-order valence-corrected chi connectivity index (χ0v) is 17.3. The summed E-state index contributed by atoms with van der Waals surface area (Å²) >= 11 is 0. The summed E-state index contributed by atoms with van der Waals surface area (Å²) in [6.07, 6.45) is 6.99. The van der Waals surface area contributed by atoms with Crippen molar-refractivity contribution in [3.8, 4) is 0 Å². The number of ether oxygens (including phenoxy) is 1. The van der Waals surface area contributed by atoms with E-state index in [1.54, 1.807) is 0 Å². The number of anilines is 1. The Kier molecular flexibility index (Phi) is 4.71. The lowest BCUT2D eigenvalue weighted by atomic mass is 9.67. The molecule has 2 N–H and O–H groups in total. The van der Waals surface area contributed by atoms with Gasteiger partial charge < -0.3 is 20.3 Å². The summed E-state index contributed by atoms with van der Waals surface area (Å²) in [5.41, 5.74) is 2.90. The second kappa shape index (κ2) is 7.08. The first-order valence-corrected chi connectivity index (χ1v) is 9.85. The van der Waals surface area contributed by atoms with Crippen LogP contribution in [-0.4, -0.2) is 39.7 Å². The molecule has 2 aromatic carbocycles. The van der Waals surface area contributed by atoms with Gasteiger partial charge in [0.1, 0.15) is 0 Å². The number of rotatable bonds is 5. The fourth-order valence-corrected chi connectivity index (χ4v) is 4.60. The molecular formula is C24H27N3O2. The molecule has 0 bridgehead atoms. The second-order valence-electron chi connectivity index (χ2n) is 7.70. The van der Waals surface area contributed by atoms with E-state index in [0.29, 0.717) is 12.0 Å². The predicted molar refractivity (Wildman–Crippen MR) is 116 cm³/mol. The molecule has 29 heavy (non-hydrogen) atoms. The van der Waals surface area contributed by atoms with Gasteiger partial charge in [-0.3, -0.25) is 0 Å². The molecular weight excluding hydrogens is 362 g/mol. The quantitative estimate of drug-likeness (QED) is 0.770. The van der Waals surface area contributed by atoms with E-state index >= 15 is 0 Å². The van der Waals surface area contributed by atoms with Gasteiger partial charge in [-0.2, -0.15) is 0 Å². The van der Waals surface area contributed by atoms with Gasteiger partial charge in [0.15, 0.2) is 5.60 Å². The minimum atomic E-state index is -0.997. The van der Waals surface area contributed by atoms with Crippen molar-refractivity contribution in [2.75, 3.05) is 33.1 Å². The Morgan fingerprint density at radius 1 is 1.00 bits per heavy atom. The topological polar surface area (TPSA) is 53.6 Å². The van der Waals surface area contributed by atoms with E-state index in [-0.39, 0.29) is 5.97 Å². The lowest BCUT2D eigenvalue weighted by molar-refractivity contribution is -0.0243. The van der Waals surface area contributed by atoms with Crippen molar-refractivity contribution >= 4 is 11.7 Å². The van der Waals surface area contributed by atoms with Crippen molar-refractivity contribution in [3.63, 3.8) is 0 Å². The first kappa shape index (κ1) is 19.3. The number of esters is 1. The number of para-hydroxylation sites is 1. The summed E-state index contributed by atoms with van der Waals surface area (Å²) in [5, 5.41) is 6.71. The number of carbonyl (C=O) groups is 1. The Hall–Kier alpha value is -3.05. The summed E-state index contributed by atoms with van der Waals surface area (Å²) < 4.78 is 6.37. The third-order valence-corrected chi connectivity index (χ3v) is 6.09. The van der Waals surface area contributed by atoms with E-state index in [9.17, 15) is 4.79 Å². The van der Waals surface area contributed by atoms with Gasteiger partial charge in [-0.1, -0.05) is 48.6 Å². The van der Waals surface area contributed by atoms with E-state index < -0.39 is 11.1 Å². The first-order chi connectivity index (χ1) is 14.0. The lowest BCUT2D eigenvalue weighted by Gasteiger charge is -2.48. The van der Waals surface area contributed by atoms with E-state index in [0.717, 1.165) is 22.5 Å². The average Bonchev–Trinajstić information content (AvgIpc) is 3.07. The smallest absolute Gasteiger partial charge is 0.339 e. The van der Waals surface area contributed by atoms with Crippen molar-refractivity contribution in [1.29, 1.82) is 0 Å². The zero-order valence-electron chi connectivity index (χ0n) is 17.3. The van der Waals surface area contributed by atoms with Crippen LogP contribution in [0.4, 0.5) is 5.69 Å². The number of allylic oxidation sites excluding steroid dienone is 1. The van der Waals surface area contributed by atoms with Crippen molar-refractivity contribution in [3.05, 3.63) is 89.1 Å². The van der Waals surface area contributed by atoms with E-state index in [1.165, 1.54) is 0 Å². The molecule has 150 valence electrons. The molecule has 1 heterocycles. The highest BCUT2D eigenvalue weighted by Crippen LogP contribution is 2.53. The number of fused-ring (bicyclic) bond motifs is 1. The molecule has 1 aliphatic heterocycles. The highest BCUT2D eigenvalue weighted by Gasteiger charge is 2.60. The number of carbonyl (C=O) groups excluding carboxylic acids is 1. The maximum absolute atomic E-state index is 13.0. The molecule has 5 heteroatoms. The molecule has 0 radical (unpaired) electrons. The Morgan fingerprint density at radius 3 is 2.31 bits per heavy atom. The highest BCUT2D eigenvalue weighted by atomic mass is 16.6. The minimum Gasteiger partial charge on any atom is -0.443 e. The van der Waals surface area contributed by atoms with Crippen LogP contribution >= 0.6 is 0 Å². The Bertz CT molecular complexity index is 1010. The van der Waals surface area contributed by atoms with Crippen LogP contribution in [0.1, 0.15) is 27.9 Å². The van der Waals surface area contributed by atoms with Crippen LogP contribution in [0.5, 0.6) is 0 Å². The summed E-state index contributed by atoms with van der Waals surface area (Å²) in [6.45, 7) is 0. The van der Waals surface area contributed by atoms with Crippen LogP contribution in [0, 0.1) is 0 Å². The summed E-state index contributed by atoms with van der Waals surface area (Å²) in [7, 11) is 7.86. The second-order valence-corrected chi connectivity index (χ2v) is 7.70. The fourth-order valence-electron chi connectivity index (χ4n) is 4.60. The van der Waals surface area contributed by atoms with Crippen molar-refractivity contribution in [2.24, 2.45) is 0 Å². The number of cyclic esters (lactones) is 1. The molecule has 2 aliphatic rings. The van der Waals surface area contributed by atoms with Gasteiger partial charge in [-0.05, 0) is 31.7 Å². The van der Waals surface area contributed by atoms with Gasteiger partial charge in [0, 0.05) is 43.7 Å². The standard InChI is InChI=1S/C24H27N3O2/c1-25-17-13-15-23(26-2,16-14-17)24(20-11-7-8-12-21(20)27(3)4)19-10-6-5-9-18(19)22(28)29-24/h5-15,25-26H,16H2,1-4H3. The molecule has 0 spiro atoms. The molecule has 4 rings (SSSR count). The molecule has 0 saturated heterocycles. The van der Waals surface area contributed by atoms with E-state index in [1.807, 2.05) is 64.6 Å². The summed E-state index contributed by atoms with van der Waals surface area (Å²) in [5.74, 6) is -0.291. The lowest BCUT2D eigenvalue weighted by Crippen LogP contribution is -2.60. The summed E-state index contributed by atoms with van der Waals surface area (Å²) in [6, 6.07) is 15.9. The predicted octanol–water partition coefficient (Wildman–Crippen LogP) is 3.19. The first-order valence-electron chi connectivity index (χ1n) is 9.85. The molecule has 2 atom stereocenters. The van der Waals surface area contributed by atoms with Crippen molar-refractivity contribution in [2.45, 2.75) is 17.6 Å². The number of nitrogens with zero attached hydrogens (tertiary/aromatic N) is 1. The maximum Gasteiger partial charge on any atom is 0.339 e. The molecule has 0 amide bonds. The molecule has 2 unspecified atom stereocenters. The average molecular weight is 389 g/mol. The number of hydrogen-bond donors (Lipinski definition) is 2. The number of benzene rings is 2. The molecule has 0 saturated carbocycles. The molecule has 0 fully saturated rings. The normalized spacial score (nSPS) is 25.2. The highest BCUT2D eigenvalue weighted by molar-refractivity contribution is 5.96. The zero-order chi connectivity index (χ0) is 20.6.